The first kappa shape index (κ1) is 24.0. The molecule has 4 nitrogen and oxygen atoms in total. The summed E-state index contributed by atoms with van der Waals surface area (Å²) in [5.41, 5.74) is 3.77. The van der Waals surface area contributed by atoms with Crippen LogP contribution < -0.4 is 9.47 Å². The molecule has 2 heterocycles. The predicted octanol–water partition coefficient (Wildman–Crippen LogP) is 6.41. The Balaban J connectivity index is 1.33. The van der Waals surface area contributed by atoms with Crippen LogP contribution >= 0.6 is 0 Å². The second kappa shape index (κ2) is 9.76. The van der Waals surface area contributed by atoms with Gasteiger partial charge in [0.25, 0.3) is 0 Å². The number of allylic oxidation sites excluding steroid dienone is 1. The Hall–Kier alpha value is -2.67. The number of hydrogen-bond acceptors (Lipinski definition) is 4. The molecule has 0 amide bonds. The van der Waals surface area contributed by atoms with Crippen molar-refractivity contribution in [3.63, 3.8) is 0 Å². The Labute approximate surface area is 204 Å². The van der Waals surface area contributed by atoms with Crippen LogP contribution in [-0.2, 0) is 0 Å². The van der Waals surface area contributed by atoms with Crippen molar-refractivity contribution in [1.29, 1.82) is 0 Å². The van der Waals surface area contributed by atoms with Crippen molar-refractivity contribution >= 4 is 5.57 Å². The van der Waals surface area contributed by atoms with Crippen molar-refractivity contribution in [3.8, 4) is 17.2 Å². The van der Waals surface area contributed by atoms with E-state index in [1.54, 1.807) is 18.2 Å². The molecule has 2 aromatic rings. The zero-order valence-electron chi connectivity index (χ0n) is 20.0. The number of aromatic hydroxyl groups is 1. The van der Waals surface area contributed by atoms with E-state index < -0.39 is 5.92 Å². The van der Waals surface area contributed by atoms with Crippen molar-refractivity contribution in [1.82, 2.24) is 4.90 Å². The minimum absolute atomic E-state index is 0.00396. The Morgan fingerprint density at radius 2 is 1.80 bits per heavy atom. The fraction of sp³-hybridized carbons (Fsp3) is 0.500. The lowest BCUT2D eigenvalue weighted by Crippen LogP contribution is -2.49. The molecule has 1 saturated heterocycles. The molecule has 2 aromatic carbocycles. The topological polar surface area (TPSA) is 41.9 Å². The molecule has 1 aliphatic carbocycles. The predicted molar refractivity (Wildman–Crippen MR) is 129 cm³/mol. The van der Waals surface area contributed by atoms with Crippen molar-refractivity contribution in [2.24, 2.45) is 11.8 Å². The van der Waals surface area contributed by atoms with Crippen LogP contribution in [-0.4, -0.2) is 48.8 Å². The average Bonchev–Trinajstić information content (AvgIpc) is 2.82. The summed E-state index contributed by atoms with van der Waals surface area (Å²) in [7, 11) is 0. The van der Waals surface area contributed by atoms with Gasteiger partial charge in [-0.2, -0.15) is 0 Å². The number of phenols is 1. The number of fused-ring (bicyclic) bond motifs is 1. The van der Waals surface area contributed by atoms with E-state index in [4.69, 9.17) is 9.47 Å². The molecule has 35 heavy (non-hydrogen) atoms. The van der Waals surface area contributed by atoms with Crippen molar-refractivity contribution in [2.45, 2.75) is 44.6 Å². The van der Waals surface area contributed by atoms with Gasteiger partial charge in [0, 0.05) is 44.0 Å². The van der Waals surface area contributed by atoms with Crippen LogP contribution in [0, 0.1) is 11.8 Å². The number of ether oxygens (including phenoxy) is 2. The summed E-state index contributed by atoms with van der Waals surface area (Å²) >= 11 is 0. The SMILES string of the molecule is CC1=C(C2CCC(F)(F)CC2)[C@H](c2ccc(OCCN3CC(CF)C3)cc2)Oc2ccc(O)cc21. The molecule has 1 atom stereocenters. The lowest BCUT2D eigenvalue weighted by atomic mass is 9.75. The first-order valence-electron chi connectivity index (χ1n) is 12.4. The third kappa shape index (κ3) is 5.15. The Morgan fingerprint density at radius 1 is 1.09 bits per heavy atom. The van der Waals surface area contributed by atoms with Gasteiger partial charge in [-0.25, -0.2) is 8.78 Å². The van der Waals surface area contributed by atoms with Crippen LogP contribution in [0.3, 0.4) is 0 Å². The maximum atomic E-state index is 13.9. The van der Waals surface area contributed by atoms with Crippen molar-refractivity contribution in [2.75, 3.05) is 32.9 Å². The van der Waals surface area contributed by atoms with Gasteiger partial charge in [-0.1, -0.05) is 12.1 Å². The smallest absolute Gasteiger partial charge is 0.248 e. The van der Waals surface area contributed by atoms with Gasteiger partial charge in [-0.05, 0) is 72.7 Å². The lowest BCUT2D eigenvalue weighted by molar-refractivity contribution is -0.0436. The van der Waals surface area contributed by atoms with E-state index >= 15 is 0 Å². The quantitative estimate of drug-likeness (QED) is 0.490. The summed E-state index contributed by atoms with van der Waals surface area (Å²) in [5, 5.41) is 10.0. The third-order valence-corrected chi connectivity index (χ3v) is 7.59. The Bertz CT molecular complexity index is 1070. The molecule has 2 aliphatic heterocycles. The number of phenolic OH excluding ortho intramolecular Hbond substituents is 1. The number of rotatable bonds is 7. The number of halogens is 3. The summed E-state index contributed by atoms with van der Waals surface area (Å²) < 4.78 is 52.7. The largest absolute Gasteiger partial charge is 0.508 e. The van der Waals surface area contributed by atoms with Crippen LogP contribution in [0.5, 0.6) is 17.2 Å². The number of hydrogen-bond donors (Lipinski definition) is 1. The second-order valence-electron chi connectivity index (χ2n) is 10.1. The van der Waals surface area contributed by atoms with Crippen LogP contribution in [0.15, 0.2) is 48.0 Å². The normalized spacial score (nSPS) is 22.9. The van der Waals surface area contributed by atoms with Crippen LogP contribution in [0.1, 0.15) is 49.8 Å². The molecule has 188 valence electrons. The van der Waals surface area contributed by atoms with Gasteiger partial charge in [-0.3, -0.25) is 9.29 Å². The molecule has 1 N–H and O–H groups in total. The van der Waals surface area contributed by atoms with Gasteiger partial charge >= 0.3 is 0 Å². The van der Waals surface area contributed by atoms with Gasteiger partial charge in [0.1, 0.15) is 30.0 Å². The first-order chi connectivity index (χ1) is 16.8. The van der Waals surface area contributed by atoms with E-state index in [2.05, 4.69) is 4.90 Å². The van der Waals surface area contributed by atoms with Crippen molar-refractivity contribution in [3.05, 3.63) is 59.2 Å². The number of benzene rings is 2. The maximum Gasteiger partial charge on any atom is 0.248 e. The molecule has 0 unspecified atom stereocenters. The highest BCUT2D eigenvalue weighted by molar-refractivity contribution is 5.76. The second-order valence-corrected chi connectivity index (χ2v) is 10.1. The highest BCUT2D eigenvalue weighted by Gasteiger charge is 2.40. The van der Waals surface area contributed by atoms with Crippen LogP contribution in [0.4, 0.5) is 13.2 Å². The number of likely N-dealkylation sites (tertiary alicyclic amines) is 1. The molecule has 5 rings (SSSR count). The fourth-order valence-corrected chi connectivity index (χ4v) is 5.56. The summed E-state index contributed by atoms with van der Waals surface area (Å²) in [4.78, 5) is 2.18. The molecule has 0 spiro atoms. The highest BCUT2D eigenvalue weighted by Crippen LogP contribution is 2.50. The summed E-state index contributed by atoms with van der Waals surface area (Å²) in [6.07, 6.45) is 0.202. The Kier molecular flexibility index (Phi) is 6.71. The van der Waals surface area contributed by atoms with E-state index in [0.717, 1.165) is 47.7 Å². The highest BCUT2D eigenvalue weighted by atomic mass is 19.3. The summed E-state index contributed by atoms with van der Waals surface area (Å²) in [6, 6.07) is 12.8. The standard InChI is InChI=1S/C28H32F3NO3/c1-18-24-14-22(33)4-7-25(24)35-27(26(18)20-8-10-28(30,31)11-9-20)21-2-5-23(6-3-21)34-13-12-32-16-19(15-29)17-32/h2-7,14,19-20,27,33H,8-13,15-17H2,1H3/t27-/m0/s1. The van der Waals surface area contributed by atoms with Crippen molar-refractivity contribution < 1.29 is 27.8 Å². The summed E-state index contributed by atoms with van der Waals surface area (Å²) in [5.74, 6) is -0.863. The van der Waals surface area contributed by atoms with Gasteiger partial charge in [0.2, 0.25) is 5.92 Å². The number of nitrogens with zero attached hydrogens (tertiary/aromatic N) is 1. The Morgan fingerprint density at radius 3 is 2.49 bits per heavy atom. The number of alkyl halides is 3. The zero-order chi connectivity index (χ0) is 24.6. The van der Waals surface area contributed by atoms with Gasteiger partial charge in [0.15, 0.2) is 0 Å². The average molecular weight is 488 g/mol. The van der Waals surface area contributed by atoms with E-state index in [9.17, 15) is 18.3 Å². The molecule has 1 saturated carbocycles. The van der Waals surface area contributed by atoms with E-state index in [1.165, 1.54) is 0 Å². The molecule has 7 heteroatoms. The zero-order valence-corrected chi connectivity index (χ0v) is 20.0. The third-order valence-electron chi connectivity index (χ3n) is 7.59. The molecular formula is C28H32F3NO3. The molecule has 0 aromatic heterocycles. The van der Waals surface area contributed by atoms with E-state index in [-0.39, 0.29) is 43.2 Å². The monoisotopic (exact) mass is 487 g/mol. The van der Waals surface area contributed by atoms with Gasteiger partial charge < -0.3 is 14.6 Å². The molecular weight excluding hydrogens is 455 g/mol. The van der Waals surface area contributed by atoms with Gasteiger partial charge in [0.05, 0.1) is 6.67 Å². The minimum atomic E-state index is -2.60. The molecule has 2 fully saturated rings. The molecule has 0 radical (unpaired) electrons. The fourth-order valence-electron chi connectivity index (χ4n) is 5.56. The minimum Gasteiger partial charge on any atom is -0.508 e. The van der Waals surface area contributed by atoms with E-state index in [1.807, 2.05) is 31.2 Å². The molecule has 3 aliphatic rings. The van der Waals surface area contributed by atoms with E-state index in [0.29, 0.717) is 25.2 Å². The summed E-state index contributed by atoms with van der Waals surface area (Å²) in [6.45, 7) is 4.63. The maximum absolute atomic E-state index is 13.9. The van der Waals surface area contributed by atoms with Crippen LogP contribution in [0.2, 0.25) is 0 Å². The van der Waals surface area contributed by atoms with Crippen LogP contribution in [0.25, 0.3) is 5.57 Å². The lowest BCUT2D eigenvalue weighted by Gasteiger charge is -2.38. The van der Waals surface area contributed by atoms with Gasteiger partial charge in [-0.15, -0.1) is 0 Å². The first-order valence-corrected chi connectivity index (χ1v) is 12.4. The molecule has 0 bridgehead atoms.